The van der Waals surface area contributed by atoms with Crippen LogP contribution in [0.4, 0.5) is 5.69 Å². The number of amides is 1. The van der Waals surface area contributed by atoms with Crippen LogP contribution in [0.15, 0.2) is 41.1 Å². The number of nitro groups is 1. The average Bonchev–Trinajstić information content (AvgIpc) is 2.85. The molecule has 0 saturated heterocycles. The third-order valence-corrected chi connectivity index (χ3v) is 4.02. The Hall–Kier alpha value is -3.00. The Kier molecular flexibility index (Phi) is 6.24. The van der Waals surface area contributed by atoms with Crippen molar-refractivity contribution < 1.29 is 24.0 Å². The van der Waals surface area contributed by atoms with Crippen LogP contribution in [0.3, 0.4) is 0 Å². The second-order valence-corrected chi connectivity index (χ2v) is 5.67. The number of nitro benzene ring substituents is 1. The van der Waals surface area contributed by atoms with Gasteiger partial charge in [0.1, 0.15) is 0 Å². The van der Waals surface area contributed by atoms with E-state index in [0.717, 1.165) is 0 Å². The van der Waals surface area contributed by atoms with Crippen LogP contribution in [0.25, 0.3) is 6.08 Å². The second kappa shape index (κ2) is 8.39. The zero-order valence-electron chi connectivity index (χ0n) is 14.9. The predicted octanol–water partition coefficient (Wildman–Crippen LogP) is 2.30. The molecular formula is C18H20N2O6. The number of hydrogen-bond donors (Lipinski definition) is 0. The topological polar surface area (TPSA) is 99.0 Å². The summed E-state index contributed by atoms with van der Waals surface area (Å²) in [4.78, 5) is 36.9. The Morgan fingerprint density at radius 1 is 1.35 bits per heavy atom. The van der Waals surface area contributed by atoms with Gasteiger partial charge >= 0.3 is 5.97 Å². The van der Waals surface area contributed by atoms with Gasteiger partial charge in [-0.05, 0) is 25.0 Å². The lowest BCUT2D eigenvalue weighted by Crippen LogP contribution is -2.26. The average molecular weight is 360 g/mol. The van der Waals surface area contributed by atoms with Crippen LogP contribution in [-0.2, 0) is 19.1 Å². The maximum absolute atomic E-state index is 12.8. The first-order valence-electron chi connectivity index (χ1n) is 7.97. The Balaban J connectivity index is 2.44. The maximum Gasteiger partial charge on any atom is 0.340 e. The van der Waals surface area contributed by atoms with Gasteiger partial charge in [0.25, 0.3) is 11.6 Å². The van der Waals surface area contributed by atoms with Crippen molar-refractivity contribution >= 4 is 23.6 Å². The second-order valence-electron chi connectivity index (χ2n) is 5.67. The van der Waals surface area contributed by atoms with Crippen LogP contribution in [0, 0.1) is 10.1 Å². The van der Waals surface area contributed by atoms with Gasteiger partial charge in [0.05, 0.1) is 23.2 Å². The number of ether oxygens (including phenoxy) is 2. The standard InChI is InChI=1S/C18H20N2O6/c1-12-16(18(22)26-3)15(17(21)19(12)8-5-9-25-2)11-13-6-4-7-14(10-13)20(23)24/h4,6-7,10-11H,5,8-9H2,1-3H3. The Bertz CT molecular complexity index is 797. The van der Waals surface area contributed by atoms with Gasteiger partial charge in [-0.25, -0.2) is 4.79 Å². The first-order chi connectivity index (χ1) is 12.4. The lowest BCUT2D eigenvalue weighted by atomic mass is 10.0. The summed E-state index contributed by atoms with van der Waals surface area (Å²) in [6.07, 6.45) is 2.08. The third kappa shape index (κ3) is 3.97. The van der Waals surface area contributed by atoms with Crippen molar-refractivity contribution in [2.75, 3.05) is 27.4 Å². The highest BCUT2D eigenvalue weighted by Crippen LogP contribution is 2.32. The fourth-order valence-corrected chi connectivity index (χ4v) is 2.76. The molecule has 1 aromatic carbocycles. The van der Waals surface area contributed by atoms with E-state index >= 15 is 0 Å². The number of carbonyl (C=O) groups excluding carboxylic acids is 2. The highest BCUT2D eigenvalue weighted by molar-refractivity contribution is 6.16. The Morgan fingerprint density at radius 2 is 2.08 bits per heavy atom. The van der Waals surface area contributed by atoms with E-state index in [1.165, 1.54) is 36.3 Å². The van der Waals surface area contributed by atoms with E-state index in [-0.39, 0.29) is 22.7 Å². The molecule has 0 fully saturated rings. The molecule has 138 valence electrons. The molecular weight excluding hydrogens is 340 g/mol. The van der Waals surface area contributed by atoms with E-state index in [4.69, 9.17) is 9.47 Å². The van der Waals surface area contributed by atoms with Gasteiger partial charge in [-0.3, -0.25) is 14.9 Å². The number of nitrogens with zero attached hydrogens (tertiary/aromatic N) is 2. The molecule has 0 radical (unpaired) electrons. The third-order valence-electron chi connectivity index (χ3n) is 4.02. The highest BCUT2D eigenvalue weighted by atomic mass is 16.6. The largest absolute Gasteiger partial charge is 0.465 e. The Labute approximate surface area is 150 Å². The van der Waals surface area contributed by atoms with Crippen molar-refractivity contribution in [2.45, 2.75) is 13.3 Å². The first kappa shape index (κ1) is 19.3. The van der Waals surface area contributed by atoms with Gasteiger partial charge in [-0.2, -0.15) is 0 Å². The van der Waals surface area contributed by atoms with E-state index in [2.05, 4.69) is 0 Å². The number of methoxy groups -OCH3 is 2. The molecule has 1 heterocycles. The molecule has 0 atom stereocenters. The molecule has 1 aliphatic rings. The van der Waals surface area contributed by atoms with Gasteiger partial charge in [0.2, 0.25) is 0 Å². The molecule has 0 aromatic heterocycles. The molecule has 0 saturated carbocycles. The van der Waals surface area contributed by atoms with Crippen molar-refractivity contribution in [3.05, 3.63) is 56.8 Å². The Morgan fingerprint density at radius 3 is 2.69 bits per heavy atom. The zero-order chi connectivity index (χ0) is 19.3. The van der Waals surface area contributed by atoms with Gasteiger partial charge < -0.3 is 14.4 Å². The van der Waals surface area contributed by atoms with E-state index in [9.17, 15) is 19.7 Å². The smallest absolute Gasteiger partial charge is 0.340 e. The van der Waals surface area contributed by atoms with Crippen LogP contribution in [-0.4, -0.2) is 49.1 Å². The van der Waals surface area contributed by atoms with Crippen LogP contribution in [0.1, 0.15) is 18.9 Å². The van der Waals surface area contributed by atoms with Gasteiger partial charge in [0, 0.05) is 38.1 Å². The van der Waals surface area contributed by atoms with Crippen molar-refractivity contribution in [1.29, 1.82) is 0 Å². The molecule has 26 heavy (non-hydrogen) atoms. The molecule has 1 amide bonds. The number of esters is 1. The molecule has 0 N–H and O–H groups in total. The number of non-ortho nitro benzene ring substituents is 1. The van der Waals surface area contributed by atoms with Crippen LogP contribution in [0.2, 0.25) is 0 Å². The van der Waals surface area contributed by atoms with E-state index in [1.807, 2.05) is 0 Å². The normalized spacial score (nSPS) is 15.7. The minimum absolute atomic E-state index is 0.0953. The monoisotopic (exact) mass is 360 g/mol. The number of benzene rings is 1. The van der Waals surface area contributed by atoms with Crippen molar-refractivity contribution in [2.24, 2.45) is 0 Å². The molecule has 1 aliphatic heterocycles. The number of carbonyl (C=O) groups is 2. The zero-order valence-corrected chi connectivity index (χ0v) is 14.9. The van der Waals surface area contributed by atoms with Gasteiger partial charge in [-0.1, -0.05) is 12.1 Å². The minimum atomic E-state index is -0.623. The predicted molar refractivity (Wildman–Crippen MR) is 94.0 cm³/mol. The van der Waals surface area contributed by atoms with Crippen LogP contribution in [0.5, 0.6) is 0 Å². The molecule has 0 bridgehead atoms. The molecule has 2 rings (SSSR count). The molecule has 1 aromatic rings. The fraction of sp³-hybridized carbons (Fsp3) is 0.333. The van der Waals surface area contributed by atoms with Crippen LogP contribution >= 0.6 is 0 Å². The SMILES string of the molecule is COCCCN1C(=O)C(=Cc2cccc([N+](=O)[O-])c2)C(C(=O)OC)=C1C. The van der Waals surface area contributed by atoms with Crippen molar-refractivity contribution in [1.82, 2.24) is 4.90 Å². The lowest BCUT2D eigenvalue weighted by molar-refractivity contribution is -0.384. The molecule has 0 aliphatic carbocycles. The summed E-state index contributed by atoms with van der Waals surface area (Å²) in [6, 6.07) is 5.86. The molecule has 0 spiro atoms. The lowest BCUT2D eigenvalue weighted by Gasteiger charge is -2.17. The van der Waals surface area contributed by atoms with Crippen LogP contribution < -0.4 is 0 Å². The van der Waals surface area contributed by atoms with E-state index in [0.29, 0.717) is 30.8 Å². The fourth-order valence-electron chi connectivity index (χ4n) is 2.76. The minimum Gasteiger partial charge on any atom is -0.465 e. The summed E-state index contributed by atoms with van der Waals surface area (Å²) in [7, 11) is 2.81. The van der Waals surface area contributed by atoms with E-state index < -0.39 is 10.9 Å². The van der Waals surface area contributed by atoms with Crippen molar-refractivity contribution in [3.8, 4) is 0 Å². The maximum atomic E-state index is 12.8. The summed E-state index contributed by atoms with van der Waals surface area (Å²) in [5.41, 5.74) is 1.18. The molecule has 0 unspecified atom stereocenters. The summed E-state index contributed by atoms with van der Waals surface area (Å²) < 4.78 is 9.81. The quantitative estimate of drug-likeness (QED) is 0.243. The number of allylic oxidation sites excluding steroid dienone is 1. The van der Waals surface area contributed by atoms with Crippen molar-refractivity contribution in [3.63, 3.8) is 0 Å². The summed E-state index contributed by atoms with van der Waals surface area (Å²) in [5.74, 6) is -0.965. The highest BCUT2D eigenvalue weighted by Gasteiger charge is 2.36. The number of hydrogen-bond acceptors (Lipinski definition) is 6. The molecule has 8 heteroatoms. The van der Waals surface area contributed by atoms with Gasteiger partial charge in [-0.15, -0.1) is 0 Å². The summed E-state index contributed by atoms with van der Waals surface area (Å²) in [6.45, 7) is 2.55. The summed E-state index contributed by atoms with van der Waals surface area (Å²) >= 11 is 0. The van der Waals surface area contributed by atoms with E-state index in [1.54, 1.807) is 20.1 Å². The number of rotatable bonds is 7. The molecule has 8 nitrogen and oxygen atoms in total. The summed E-state index contributed by atoms with van der Waals surface area (Å²) in [5, 5.41) is 10.9. The van der Waals surface area contributed by atoms with Gasteiger partial charge in [0.15, 0.2) is 0 Å². The first-order valence-corrected chi connectivity index (χ1v) is 7.97.